The van der Waals surface area contributed by atoms with Gasteiger partial charge in [-0.15, -0.1) is 0 Å². The molecule has 4 heteroatoms. The first kappa shape index (κ1) is 16.5. The van der Waals surface area contributed by atoms with Crippen molar-refractivity contribution in [2.75, 3.05) is 6.54 Å². The Bertz CT molecular complexity index is 784. The number of piperidine rings is 1. The van der Waals surface area contributed by atoms with E-state index in [9.17, 15) is 9.59 Å². The Morgan fingerprint density at radius 2 is 2.12 bits per heavy atom. The van der Waals surface area contributed by atoms with Gasteiger partial charge in [-0.1, -0.05) is 6.07 Å². The lowest BCUT2D eigenvalue weighted by Crippen LogP contribution is -2.63. The Morgan fingerprint density at radius 3 is 2.85 bits per heavy atom. The van der Waals surface area contributed by atoms with Gasteiger partial charge in [-0.25, -0.2) is 0 Å². The van der Waals surface area contributed by atoms with Crippen LogP contribution in [0.4, 0.5) is 0 Å². The van der Waals surface area contributed by atoms with Crippen LogP contribution in [0.5, 0.6) is 0 Å². The Hall–Kier alpha value is -1.68. The highest BCUT2D eigenvalue weighted by Crippen LogP contribution is 2.56. The van der Waals surface area contributed by atoms with Crippen molar-refractivity contribution in [2.45, 2.75) is 69.4 Å². The number of ketones is 1. The van der Waals surface area contributed by atoms with Crippen molar-refractivity contribution in [1.82, 2.24) is 4.90 Å². The summed E-state index contributed by atoms with van der Waals surface area (Å²) in [7, 11) is 0. The SMILES string of the molecule is C[C@H](C1CC1)N1CC[C@]23CC(=O)CC[C@H]2C1Cc1ccc(C(N)=O)cc13. The summed E-state index contributed by atoms with van der Waals surface area (Å²) in [5, 5.41) is 0. The zero-order valence-electron chi connectivity index (χ0n) is 15.5. The van der Waals surface area contributed by atoms with Gasteiger partial charge in [0.15, 0.2) is 0 Å². The molecular formula is C22H28N2O2. The summed E-state index contributed by atoms with van der Waals surface area (Å²) in [6.07, 6.45) is 7.19. The third kappa shape index (κ3) is 2.31. The lowest BCUT2D eigenvalue weighted by molar-refractivity contribution is -0.128. The number of fused-ring (bicyclic) bond motifs is 1. The van der Waals surface area contributed by atoms with Crippen LogP contribution in [0.3, 0.4) is 0 Å². The van der Waals surface area contributed by atoms with E-state index in [1.807, 2.05) is 12.1 Å². The molecule has 4 aliphatic rings. The fraction of sp³-hybridized carbons (Fsp3) is 0.636. The van der Waals surface area contributed by atoms with Crippen LogP contribution in [0.1, 0.15) is 66.9 Å². The van der Waals surface area contributed by atoms with Crippen molar-refractivity contribution in [2.24, 2.45) is 17.6 Å². The molecule has 1 heterocycles. The maximum Gasteiger partial charge on any atom is 0.248 e. The van der Waals surface area contributed by atoms with Crippen molar-refractivity contribution in [3.63, 3.8) is 0 Å². The van der Waals surface area contributed by atoms with Crippen molar-refractivity contribution in [3.8, 4) is 0 Å². The van der Waals surface area contributed by atoms with Crippen LogP contribution < -0.4 is 5.73 Å². The molecule has 138 valence electrons. The first-order chi connectivity index (χ1) is 12.5. The van der Waals surface area contributed by atoms with Crippen LogP contribution in [0.25, 0.3) is 0 Å². The summed E-state index contributed by atoms with van der Waals surface area (Å²) in [4.78, 5) is 27.0. The number of rotatable bonds is 3. The van der Waals surface area contributed by atoms with Gasteiger partial charge in [-0.2, -0.15) is 0 Å². The molecule has 1 unspecified atom stereocenters. The predicted octanol–water partition coefficient (Wildman–Crippen LogP) is 2.82. The monoisotopic (exact) mass is 352 g/mol. The molecule has 4 nitrogen and oxygen atoms in total. The van der Waals surface area contributed by atoms with Crippen LogP contribution in [0.2, 0.25) is 0 Å². The van der Waals surface area contributed by atoms with Crippen LogP contribution in [0, 0.1) is 11.8 Å². The Morgan fingerprint density at radius 1 is 1.31 bits per heavy atom. The van der Waals surface area contributed by atoms with Crippen molar-refractivity contribution in [1.29, 1.82) is 0 Å². The molecule has 1 amide bonds. The maximum atomic E-state index is 12.5. The molecule has 2 saturated carbocycles. The van der Waals surface area contributed by atoms with Crippen LogP contribution >= 0.6 is 0 Å². The molecule has 2 N–H and O–H groups in total. The fourth-order valence-electron chi connectivity index (χ4n) is 6.36. The average Bonchev–Trinajstić information content (AvgIpc) is 3.45. The highest BCUT2D eigenvalue weighted by atomic mass is 16.1. The summed E-state index contributed by atoms with van der Waals surface area (Å²) in [5.74, 6) is 1.42. The molecule has 4 atom stereocenters. The second kappa shape index (κ2) is 5.66. The number of benzene rings is 1. The minimum absolute atomic E-state index is 0.0706. The van der Waals surface area contributed by atoms with Gasteiger partial charge in [0.1, 0.15) is 5.78 Å². The van der Waals surface area contributed by atoms with Gasteiger partial charge < -0.3 is 5.73 Å². The molecule has 0 aromatic heterocycles. The average molecular weight is 352 g/mol. The van der Waals surface area contributed by atoms with E-state index < -0.39 is 0 Å². The number of nitrogens with two attached hydrogens (primary N) is 1. The van der Waals surface area contributed by atoms with E-state index in [4.69, 9.17) is 5.73 Å². The highest BCUT2D eigenvalue weighted by Gasteiger charge is 2.56. The Labute approximate surface area is 155 Å². The minimum Gasteiger partial charge on any atom is -0.366 e. The van der Waals surface area contributed by atoms with Crippen molar-refractivity contribution < 1.29 is 9.59 Å². The molecule has 1 aromatic rings. The van der Waals surface area contributed by atoms with E-state index in [1.165, 1.54) is 24.0 Å². The van der Waals surface area contributed by atoms with E-state index in [0.717, 1.165) is 38.1 Å². The third-order valence-corrected chi connectivity index (χ3v) is 7.85. The topological polar surface area (TPSA) is 63.4 Å². The van der Waals surface area contributed by atoms with Crippen molar-refractivity contribution in [3.05, 3.63) is 34.9 Å². The highest BCUT2D eigenvalue weighted by molar-refractivity contribution is 5.93. The smallest absolute Gasteiger partial charge is 0.248 e. The molecule has 26 heavy (non-hydrogen) atoms. The fourth-order valence-corrected chi connectivity index (χ4v) is 6.36. The number of likely N-dealkylation sites (tertiary alicyclic amines) is 1. The zero-order chi connectivity index (χ0) is 18.1. The maximum absolute atomic E-state index is 12.5. The number of carbonyl (C=O) groups is 2. The number of nitrogens with zero attached hydrogens (tertiary/aromatic N) is 1. The van der Waals surface area contributed by atoms with Gasteiger partial charge in [0.2, 0.25) is 5.91 Å². The van der Waals surface area contributed by atoms with Gasteiger partial charge in [0.05, 0.1) is 0 Å². The first-order valence-corrected chi connectivity index (χ1v) is 10.2. The summed E-state index contributed by atoms with van der Waals surface area (Å²) < 4.78 is 0. The second-order valence-corrected chi connectivity index (χ2v) is 9.09. The number of amides is 1. The molecule has 3 aliphatic carbocycles. The Balaban J connectivity index is 1.61. The van der Waals surface area contributed by atoms with Gasteiger partial charge in [-0.3, -0.25) is 14.5 Å². The molecule has 1 saturated heterocycles. The second-order valence-electron chi connectivity index (χ2n) is 9.09. The number of Topliss-reactive ketones (excluding diaryl/α,β-unsaturated/α-hetero) is 1. The number of carbonyl (C=O) groups excluding carboxylic acids is 2. The van der Waals surface area contributed by atoms with E-state index in [2.05, 4.69) is 17.9 Å². The molecule has 1 aromatic carbocycles. The number of hydrogen-bond donors (Lipinski definition) is 1. The number of hydrogen-bond acceptors (Lipinski definition) is 3. The van der Waals surface area contributed by atoms with E-state index >= 15 is 0 Å². The first-order valence-electron chi connectivity index (χ1n) is 10.2. The van der Waals surface area contributed by atoms with Gasteiger partial charge in [-0.05, 0) is 80.7 Å². The van der Waals surface area contributed by atoms with Gasteiger partial charge in [0, 0.05) is 35.9 Å². The van der Waals surface area contributed by atoms with Gasteiger partial charge in [0.25, 0.3) is 0 Å². The standard InChI is InChI=1S/C22H28N2O2/c1-13(14-2-3-14)24-9-8-22-12-17(25)6-7-18(22)20(24)11-15-4-5-16(21(23)26)10-19(15)22/h4-5,10,13-14,18,20H,2-3,6-9,11-12H2,1H3,(H2,23,26)/t13-,18+,20?,22+/m1/s1. The van der Waals surface area contributed by atoms with Crippen LogP contribution in [-0.2, 0) is 16.6 Å². The third-order valence-electron chi connectivity index (χ3n) is 7.85. The van der Waals surface area contributed by atoms with E-state index in [-0.39, 0.29) is 11.3 Å². The summed E-state index contributed by atoms with van der Waals surface area (Å²) in [6.45, 7) is 3.48. The quantitative estimate of drug-likeness (QED) is 0.910. The minimum atomic E-state index is -0.371. The molecule has 0 radical (unpaired) electrons. The van der Waals surface area contributed by atoms with E-state index in [0.29, 0.717) is 35.8 Å². The van der Waals surface area contributed by atoms with Gasteiger partial charge >= 0.3 is 0 Å². The van der Waals surface area contributed by atoms with Crippen LogP contribution in [-0.4, -0.2) is 35.2 Å². The number of primary amides is 1. The largest absolute Gasteiger partial charge is 0.366 e. The molecule has 3 fully saturated rings. The molecule has 1 aliphatic heterocycles. The molecule has 5 rings (SSSR count). The summed E-state index contributed by atoms with van der Waals surface area (Å²) in [6, 6.07) is 7.18. The van der Waals surface area contributed by atoms with E-state index in [1.54, 1.807) is 0 Å². The van der Waals surface area contributed by atoms with Crippen molar-refractivity contribution >= 4 is 11.7 Å². The Kier molecular flexibility index (Phi) is 3.59. The van der Waals surface area contributed by atoms with Crippen LogP contribution in [0.15, 0.2) is 18.2 Å². The molecule has 2 bridgehead atoms. The summed E-state index contributed by atoms with van der Waals surface area (Å²) in [5.41, 5.74) is 8.65. The molecular weight excluding hydrogens is 324 g/mol. The zero-order valence-corrected chi connectivity index (χ0v) is 15.5. The molecule has 0 spiro atoms. The normalized spacial score (nSPS) is 34.7. The summed E-state index contributed by atoms with van der Waals surface area (Å²) >= 11 is 0. The predicted molar refractivity (Wildman–Crippen MR) is 100.0 cm³/mol. The lowest BCUT2D eigenvalue weighted by Gasteiger charge is -2.60. The lowest BCUT2D eigenvalue weighted by atomic mass is 9.52.